The first kappa shape index (κ1) is 14.4. The first-order valence-corrected chi connectivity index (χ1v) is 6.33. The predicted molar refractivity (Wildman–Crippen MR) is 70.4 cm³/mol. The van der Waals surface area contributed by atoms with Crippen molar-refractivity contribution in [2.75, 3.05) is 19.8 Å². The molecule has 7 heteroatoms. The average molecular weight is 280 g/mol. The molecular formula is C13H16N2O5. The molecule has 7 nitrogen and oxygen atoms in total. The van der Waals surface area contributed by atoms with E-state index < -0.39 is 10.9 Å². The van der Waals surface area contributed by atoms with Crippen molar-refractivity contribution in [3.63, 3.8) is 0 Å². The zero-order valence-corrected chi connectivity index (χ0v) is 10.9. The van der Waals surface area contributed by atoms with Crippen molar-refractivity contribution in [2.45, 2.75) is 19.0 Å². The van der Waals surface area contributed by atoms with Gasteiger partial charge in [-0.25, -0.2) is 0 Å². The molecular weight excluding hydrogens is 264 g/mol. The topological polar surface area (TPSA) is 92.9 Å². The Morgan fingerprint density at radius 1 is 1.45 bits per heavy atom. The smallest absolute Gasteiger partial charge is 0.305 e. The van der Waals surface area contributed by atoms with Crippen LogP contribution in [0.25, 0.3) is 0 Å². The second-order valence-corrected chi connectivity index (χ2v) is 4.72. The predicted octanol–water partition coefficient (Wildman–Crippen LogP) is 1.27. The molecule has 1 atom stereocenters. The highest BCUT2D eigenvalue weighted by Crippen LogP contribution is 2.17. The van der Waals surface area contributed by atoms with Crippen LogP contribution in [0, 0.1) is 10.1 Å². The molecule has 0 aromatic heterocycles. The van der Waals surface area contributed by atoms with Gasteiger partial charge < -0.3 is 9.84 Å². The zero-order valence-electron chi connectivity index (χ0n) is 10.9. The fraction of sp³-hybridized carbons (Fsp3) is 0.462. The van der Waals surface area contributed by atoms with Crippen molar-refractivity contribution in [1.29, 1.82) is 0 Å². The third kappa shape index (κ3) is 3.75. The number of non-ortho nitro benzene ring substituents is 1. The third-order valence-corrected chi connectivity index (χ3v) is 3.29. The summed E-state index contributed by atoms with van der Waals surface area (Å²) in [7, 11) is 0. The number of carbonyl (C=O) groups is 1. The van der Waals surface area contributed by atoms with Crippen LogP contribution in [0.15, 0.2) is 24.3 Å². The summed E-state index contributed by atoms with van der Waals surface area (Å²) in [5, 5.41) is 19.5. The van der Waals surface area contributed by atoms with Gasteiger partial charge in [0.25, 0.3) is 5.69 Å². The van der Waals surface area contributed by atoms with Gasteiger partial charge in [-0.2, -0.15) is 0 Å². The number of nitrogens with zero attached hydrogens (tertiary/aromatic N) is 2. The fourth-order valence-corrected chi connectivity index (χ4v) is 2.24. The summed E-state index contributed by atoms with van der Waals surface area (Å²) in [5.41, 5.74) is 0.978. The molecule has 1 aliphatic rings. The first-order valence-electron chi connectivity index (χ1n) is 6.33. The van der Waals surface area contributed by atoms with Crippen LogP contribution >= 0.6 is 0 Å². The Morgan fingerprint density at radius 2 is 2.15 bits per heavy atom. The van der Waals surface area contributed by atoms with Crippen molar-refractivity contribution < 1.29 is 19.6 Å². The number of benzene rings is 1. The number of rotatable bonds is 5. The molecule has 1 heterocycles. The number of carboxylic acid groups (broad SMARTS) is 1. The molecule has 108 valence electrons. The molecule has 1 saturated heterocycles. The van der Waals surface area contributed by atoms with E-state index in [1.165, 1.54) is 12.1 Å². The SMILES string of the molecule is O=C(O)CC1COCCN1Cc1ccc([N+](=O)[O-])cc1. The van der Waals surface area contributed by atoms with Crippen molar-refractivity contribution in [2.24, 2.45) is 0 Å². The minimum absolute atomic E-state index is 0.0347. The Kier molecular flexibility index (Phi) is 4.65. The molecule has 1 fully saturated rings. The minimum atomic E-state index is -0.853. The Morgan fingerprint density at radius 3 is 2.75 bits per heavy atom. The lowest BCUT2D eigenvalue weighted by atomic mass is 10.1. The van der Waals surface area contributed by atoms with Crippen molar-refractivity contribution >= 4 is 11.7 Å². The molecule has 0 saturated carbocycles. The Labute approximate surface area is 115 Å². The van der Waals surface area contributed by atoms with Crippen LogP contribution < -0.4 is 0 Å². The molecule has 20 heavy (non-hydrogen) atoms. The van der Waals surface area contributed by atoms with E-state index in [9.17, 15) is 14.9 Å². The van der Waals surface area contributed by atoms with Gasteiger partial charge in [0.2, 0.25) is 0 Å². The van der Waals surface area contributed by atoms with Gasteiger partial charge in [-0.15, -0.1) is 0 Å². The van der Waals surface area contributed by atoms with E-state index in [2.05, 4.69) is 0 Å². The normalized spacial score (nSPS) is 19.7. The maximum absolute atomic E-state index is 10.8. The summed E-state index contributed by atoms with van der Waals surface area (Å²) in [6, 6.07) is 6.16. The molecule has 1 aromatic carbocycles. The number of carboxylic acids is 1. The summed E-state index contributed by atoms with van der Waals surface area (Å²) in [4.78, 5) is 23.0. The van der Waals surface area contributed by atoms with Gasteiger partial charge in [0.15, 0.2) is 0 Å². The molecule has 0 spiro atoms. The number of hydrogen-bond acceptors (Lipinski definition) is 5. The Hall–Kier alpha value is -1.99. The number of nitro benzene ring substituents is 1. The van der Waals surface area contributed by atoms with E-state index in [-0.39, 0.29) is 18.2 Å². The average Bonchev–Trinajstić information content (AvgIpc) is 2.41. The van der Waals surface area contributed by atoms with Gasteiger partial charge in [-0.3, -0.25) is 19.8 Å². The summed E-state index contributed by atoms with van der Waals surface area (Å²) in [5.74, 6) is -0.853. The monoisotopic (exact) mass is 280 g/mol. The van der Waals surface area contributed by atoms with Crippen LogP contribution in [0.2, 0.25) is 0 Å². The van der Waals surface area contributed by atoms with Crippen LogP contribution in [0.5, 0.6) is 0 Å². The Balaban J connectivity index is 2.02. The molecule has 1 aliphatic heterocycles. The van der Waals surface area contributed by atoms with Crippen LogP contribution in [0.1, 0.15) is 12.0 Å². The number of aliphatic carboxylic acids is 1. The van der Waals surface area contributed by atoms with Gasteiger partial charge in [0.1, 0.15) is 0 Å². The summed E-state index contributed by atoms with van der Waals surface area (Å²) in [6.07, 6.45) is 0.0347. The molecule has 1 aromatic rings. The molecule has 1 unspecified atom stereocenters. The van der Waals surface area contributed by atoms with E-state index in [1.54, 1.807) is 12.1 Å². The number of hydrogen-bond donors (Lipinski definition) is 1. The lowest BCUT2D eigenvalue weighted by Gasteiger charge is -2.34. The van der Waals surface area contributed by atoms with E-state index >= 15 is 0 Å². The Bertz CT molecular complexity index is 488. The minimum Gasteiger partial charge on any atom is -0.481 e. The molecule has 0 radical (unpaired) electrons. The number of nitro groups is 1. The van der Waals surface area contributed by atoms with E-state index in [0.717, 1.165) is 5.56 Å². The van der Waals surface area contributed by atoms with Crippen LogP contribution in [-0.2, 0) is 16.1 Å². The van der Waals surface area contributed by atoms with Crippen LogP contribution in [0.4, 0.5) is 5.69 Å². The van der Waals surface area contributed by atoms with Crippen molar-refractivity contribution in [3.05, 3.63) is 39.9 Å². The standard InChI is InChI=1S/C13H16N2O5/c16-13(17)7-12-9-20-6-5-14(12)8-10-1-3-11(4-2-10)15(18)19/h1-4,12H,5-9H2,(H,16,17). The third-order valence-electron chi connectivity index (χ3n) is 3.29. The molecule has 1 N–H and O–H groups in total. The van der Waals surface area contributed by atoms with Crippen molar-refractivity contribution in [1.82, 2.24) is 4.90 Å². The zero-order chi connectivity index (χ0) is 14.5. The van der Waals surface area contributed by atoms with Gasteiger partial charge in [-0.1, -0.05) is 12.1 Å². The molecule has 2 rings (SSSR count). The lowest BCUT2D eigenvalue weighted by Crippen LogP contribution is -2.45. The highest BCUT2D eigenvalue weighted by atomic mass is 16.6. The lowest BCUT2D eigenvalue weighted by molar-refractivity contribution is -0.384. The van der Waals surface area contributed by atoms with E-state index in [1.807, 2.05) is 4.90 Å². The van der Waals surface area contributed by atoms with Gasteiger partial charge in [0.05, 0.1) is 24.6 Å². The highest BCUT2D eigenvalue weighted by molar-refractivity contribution is 5.67. The first-order chi connectivity index (χ1) is 9.56. The maximum Gasteiger partial charge on any atom is 0.305 e. The van der Waals surface area contributed by atoms with Gasteiger partial charge >= 0.3 is 5.97 Å². The summed E-state index contributed by atoms with van der Waals surface area (Å²) < 4.78 is 5.31. The molecule has 0 bridgehead atoms. The summed E-state index contributed by atoms with van der Waals surface area (Å²) >= 11 is 0. The second-order valence-electron chi connectivity index (χ2n) is 4.72. The van der Waals surface area contributed by atoms with Gasteiger partial charge in [0, 0.05) is 31.3 Å². The quantitative estimate of drug-likeness (QED) is 0.645. The maximum atomic E-state index is 10.8. The molecule has 0 amide bonds. The summed E-state index contributed by atoms with van der Waals surface area (Å²) in [6.45, 7) is 2.20. The molecule has 0 aliphatic carbocycles. The van der Waals surface area contributed by atoms with Crippen LogP contribution in [-0.4, -0.2) is 46.7 Å². The number of morpholine rings is 1. The van der Waals surface area contributed by atoms with Crippen molar-refractivity contribution in [3.8, 4) is 0 Å². The van der Waals surface area contributed by atoms with Gasteiger partial charge in [-0.05, 0) is 5.56 Å². The second kappa shape index (κ2) is 6.44. The van der Waals surface area contributed by atoms with E-state index in [0.29, 0.717) is 26.3 Å². The van der Waals surface area contributed by atoms with E-state index in [4.69, 9.17) is 9.84 Å². The highest BCUT2D eigenvalue weighted by Gasteiger charge is 2.25. The number of ether oxygens (including phenoxy) is 1. The fourth-order valence-electron chi connectivity index (χ4n) is 2.24. The van der Waals surface area contributed by atoms with Crippen LogP contribution in [0.3, 0.4) is 0 Å². The largest absolute Gasteiger partial charge is 0.481 e.